The van der Waals surface area contributed by atoms with Crippen LogP contribution in [0, 0.1) is 28.9 Å². The molecule has 2 atom stereocenters. The summed E-state index contributed by atoms with van der Waals surface area (Å²) in [5.74, 6) is -1.00. The normalized spacial score (nSPS) is 22.9. The van der Waals surface area contributed by atoms with Crippen molar-refractivity contribution in [2.45, 2.75) is 31.7 Å². The molecule has 18 heavy (non-hydrogen) atoms. The topological polar surface area (TPSA) is 35.8 Å². The summed E-state index contributed by atoms with van der Waals surface area (Å²) in [4.78, 5) is 0. The van der Waals surface area contributed by atoms with Crippen LogP contribution in [0.15, 0.2) is 18.2 Å². The molecular formula is C14H16F2N2. The lowest BCUT2D eigenvalue weighted by atomic mass is 10.1. The summed E-state index contributed by atoms with van der Waals surface area (Å²) in [6, 6.07) is 6.10. The molecule has 4 heteroatoms. The van der Waals surface area contributed by atoms with Gasteiger partial charge in [-0.25, -0.2) is 8.78 Å². The van der Waals surface area contributed by atoms with E-state index in [0.29, 0.717) is 18.5 Å². The molecule has 0 spiro atoms. The Morgan fingerprint density at radius 2 is 1.94 bits per heavy atom. The summed E-state index contributed by atoms with van der Waals surface area (Å²) in [5.41, 5.74) is 0.645. The molecule has 1 fully saturated rings. The van der Waals surface area contributed by atoms with Crippen LogP contribution in [0.3, 0.4) is 0 Å². The largest absolute Gasteiger partial charge is 0.312 e. The summed E-state index contributed by atoms with van der Waals surface area (Å²) in [5, 5.41) is 12.2. The minimum absolute atomic E-state index is 0.0780. The second-order valence-electron chi connectivity index (χ2n) is 4.75. The van der Waals surface area contributed by atoms with Crippen LogP contribution in [-0.2, 0) is 6.42 Å². The molecule has 1 N–H and O–H groups in total. The summed E-state index contributed by atoms with van der Waals surface area (Å²) in [6.07, 6.45) is 3.60. The zero-order valence-electron chi connectivity index (χ0n) is 10.1. The van der Waals surface area contributed by atoms with E-state index in [0.717, 1.165) is 25.3 Å². The predicted molar refractivity (Wildman–Crippen MR) is 64.8 cm³/mol. The van der Waals surface area contributed by atoms with Gasteiger partial charge in [-0.2, -0.15) is 5.26 Å². The van der Waals surface area contributed by atoms with E-state index in [-0.39, 0.29) is 12.0 Å². The lowest BCUT2D eigenvalue weighted by Gasteiger charge is -2.15. The highest BCUT2D eigenvalue weighted by Gasteiger charge is 2.26. The summed E-state index contributed by atoms with van der Waals surface area (Å²) in [6.45, 7) is 0.645. The van der Waals surface area contributed by atoms with Crippen LogP contribution in [-0.4, -0.2) is 12.6 Å². The first-order valence-electron chi connectivity index (χ1n) is 6.27. The Bertz CT molecular complexity index is 433. The number of nitrogens with zero attached hydrogens (tertiary/aromatic N) is 1. The highest BCUT2D eigenvalue weighted by atomic mass is 19.1. The summed E-state index contributed by atoms with van der Waals surface area (Å²) >= 11 is 0. The fraction of sp³-hybridized carbons (Fsp3) is 0.500. The van der Waals surface area contributed by atoms with Gasteiger partial charge in [-0.05, 0) is 43.5 Å². The first kappa shape index (κ1) is 13.0. The average Bonchev–Trinajstić information content (AvgIpc) is 2.75. The smallest absolute Gasteiger partial charge is 0.126 e. The number of benzene rings is 1. The first-order chi connectivity index (χ1) is 8.69. The van der Waals surface area contributed by atoms with Gasteiger partial charge < -0.3 is 5.32 Å². The minimum atomic E-state index is -0.541. The van der Waals surface area contributed by atoms with E-state index in [4.69, 9.17) is 5.26 Å². The minimum Gasteiger partial charge on any atom is -0.312 e. The molecule has 0 amide bonds. The van der Waals surface area contributed by atoms with Gasteiger partial charge in [-0.1, -0.05) is 6.42 Å². The van der Waals surface area contributed by atoms with Gasteiger partial charge in [0.05, 0.1) is 12.0 Å². The van der Waals surface area contributed by atoms with Gasteiger partial charge in [0, 0.05) is 12.1 Å². The molecule has 0 bridgehead atoms. The lowest BCUT2D eigenvalue weighted by molar-refractivity contribution is 0.468. The summed E-state index contributed by atoms with van der Waals surface area (Å²) in [7, 11) is 0. The van der Waals surface area contributed by atoms with E-state index in [2.05, 4.69) is 11.4 Å². The zero-order valence-corrected chi connectivity index (χ0v) is 10.1. The van der Waals surface area contributed by atoms with E-state index in [9.17, 15) is 8.78 Å². The van der Waals surface area contributed by atoms with Crippen LogP contribution in [0.5, 0.6) is 0 Å². The number of nitriles is 1. The van der Waals surface area contributed by atoms with Crippen molar-refractivity contribution in [1.82, 2.24) is 5.32 Å². The number of nitrogens with one attached hydrogen (secondary N) is 1. The van der Waals surface area contributed by atoms with E-state index >= 15 is 0 Å². The first-order valence-corrected chi connectivity index (χ1v) is 6.27. The van der Waals surface area contributed by atoms with Gasteiger partial charge in [0.1, 0.15) is 11.6 Å². The molecule has 0 aromatic heterocycles. The van der Waals surface area contributed by atoms with Crippen LogP contribution in [0.4, 0.5) is 8.78 Å². The van der Waals surface area contributed by atoms with Gasteiger partial charge in [0.15, 0.2) is 0 Å². The van der Waals surface area contributed by atoms with Crippen molar-refractivity contribution >= 4 is 0 Å². The van der Waals surface area contributed by atoms with E-state index in [1.54, 1.807) is 0 Å². The molecule has 1 aromatic rings. The van der Waals surface area contributed by atoms with Crippen molar-refractivity contribution in [2.75, 3.05) is 6.54 Å². The predicted octanol–water partition coefficient (Wildman–Crippen LogP) is 2.79. The molecule has 96 valence electrons. The van der Waals surface area contributed by atoms with Crippen molar-refractivity contribution in [1.29, 1.82) is 5.26 Å². The van der Waals surface area contributed by atoms with Crippen molar-refractivity contribution in [3.63, 3.8) is 0 Å². The molecule has 0 heterocycles. The SMILES string of the molecule is N#CC1CCCC1NCCc1cc(F)cc(F)c1. The molecule has 2 rings (SSSR count). The third-order valence-corrected chi connectivity index (χ3v) is 3.42. The molecule has 1 aliphatic carbocycles. The van der Waals surface area contributed by atoms with Crippen LogP contribution in [0.2, 0.25) is 0 Å². The van der Waals surface area contributed by atoms with Gasteiger partial charge in [-0.3, -0.25) is 0 Å². The molecular weight excluding hydrogens is 234 g/mol. The number of hydrogen-bond donors (Lipinski definition) is 1. The summed E-state index contributed by atoms with van der Waals surface area (Å²) < 4.78 is 25.9. The van der Waals surface area contributed by atoms with Crippen LogP contribution < -0.4 is 5.32 Å². The monoisotopic (exact) mass is 250 g/mol. The Hall–Kier alpha value is -1.47. The Labute approximate surface area is 106 Å². The molecule has 0 aliphatic heterocycles. The number of rotatable bonds is 4. The Morgan fingerprint density at radius 3 is 2.61 bits per heavy atom. The Kier molecular flexibility index (Phi) is 4.27. The van der Waals surface area contributed by atoms with Crippen molar-refractivity contribution in [3.8, 4) is 6.07 Å². The molecule has 0 radical (unpaired) electrons. The molecule has 1 saturated carbocycles. The van der Waals surface area contributed by atoms with Gasteiger partial charge >= 0.3 is 0 Å². The third-order valence-electron chi connectivity index (χ3n) is 3.42. The van der Waals surface area contributed by atoms with Crippen LogP contribution in [0.25, 0.3) is 0 Å². The van der Waals surface area contributed by atoms with Crippen molar-refractivity contribution < 1.29 is 8.78 Å². The second kappa shape index (κ2) is 5.92. The molecule has 2 unspecified atom stereocenters. The fourth-order valence-corrected chi connectivity index (χ4v) is 2.52. The molecule has 1 aliphatic rings. The van der Waals surface area contributed by atoms with Gasteiger partial charge in [-0.15, -0.1) is 0 Å². The maximum atomic E-state index is 13.0. The maximum absolute atomic E-state index is 13.0. The number of hydrogen-bond acceptors (Lipinski definition) is 2. The highest BCUT2D eigenvalue weighted by Crippen LogP contribution is 2.24. The quantitative estimate of drug-likeness (QED) is 0.892. The van der Waals surface area contributed by atoms with E-state index in [1.165, 1.54) is 12.1 Å². The fourth-order valence-electron chi connectivity index (χ4n) is 2.52. The second-order valence-corrected chi connectivity index (χ2v) is 4.75. The maximum Gasteiger partial charge on any atom is 0.126 e. The molecule has 2 nitrogen and oxygen atoms in total. The Balaban J connectivity index is 1.83. The Morgan fingerprint density at radius 1 is 1.22 bits per heavy atom. The molecule has 1 aromatic carbocycles. The van der Waals surface area contributed by atoms with Gasteiger partial charge in [0.25, 0.3) is 0 Å². The average molecular weight is 250 g/mol. The standard InChI is InChI=1S/C14H16F2N2/c15-12-6-10(7-13(16)8-12)4-5-18-14-3-1-2-11(14)9-17/h6-8,11,14,18H,1-5H2. The van der Waals surface area contributed by atoms with Gasteiger partial charge in [0.2, 0.25) is 0 Å². The number of halogens is 2. The van der Waals surface area contributed by atoms with Crippen molar-refractivity contribution in [3.05, 3.63) is 35.4 Å². The van der Waals surface area contributed by atoms with Crippen LogP contribution >= 0.6 is 0 Å². The van der Waals surface area contributed by atoms with Crippen molar-refractivity contribution in [2.24, 2.45) is 5.92 Å². The zero-order chi connectivity index (χ0) is 13.0. The van der Waals surface area contributed by atoms with Crippen LogP contribution in [0.1, 0.15) is 24.8 Å². The third kappa shape index (κ3) is 3.27. The highest BCUT2D eigenvalue weighted by molar-refractivity contribution is 5.18. The lowest BCUT2D eigenvalue weighted by Crippen LogP contribution is -2.33. The van der Waals surface area contributed by atoms with E-state index in [1.807, 2.05) is 0 Å². The van der Waals surface area contributed by atoms with E-state index < -0.39 is 11.6 Å². The molecule has 0 saturated heterocycles.